The van der Waals surface area contributed by atoms with Crippen LogP contribution in [-0.4, -0.2) is 22.0 Å². The van der Waals surface area contributed by atoms with E-state index in [-0.39, 0.29) is 0 Å². The Labute approximate surface area is 115 Å². The first-order chi connectivity index (χ1) is 9.74. The molecule has 0 atom stereocenters. The second kappa shape index (κ2) is 4.79. The number of hydrogen-bond acceptors (Lipinski definition) is 4. The molecule has 0 unspecified atom stereocenters. The summed E-state index contributed by atoms with van der Waals surface area (Å²) in [5.41, 5.74) is 8.44. The first-order valence-electron chi connectivity index (χ1n) is 6.30. The summed E-state index contributed by atoms with van der Waals surface area (Å²) in [6.07, 6.45) is 3.36. The van der Waals surface area contributed by atoms with Gasteiger partial charge in [-0.15, -0.1) is 0 Å². The molecule has 1 aliphatic rings. The quantitative estimate of drug-likeness (QED) is 0.833. The van der Waals surface area contributed by atoms with Crippen molar-refractivity contribution in [2.45, 2.75) is 13.1 Å². The van der Waals surface area contributed by atoms with Crippen LogP contribution in [0.3, 0.4) is 0 Å². The van der Waals surface area contributed by atoms with E-state index in [9.17, 15) is 10.1 Å². The van der Waals surface area contributed by atoms with Crippen molar-refractivity contribution in [3.63, 3.8) is 0 Å². The molecule has 2 aromatic rings. The zero-order valence-electron chi connectivity index (χ0n) is 10.8. The van der Waals surface area contributed by atoms with E-state index in [4.69, 9.17) is 5.73 Å². The van der Waals surface area contributed by atoms with Crippen LogP contribution >= 0.6 is 0 Å². The van der Waals surface area contributed by atoms with Gasteiger partial charge in [-0.1, -0.05) is 0 Å². The van der Waals surface area contributed by atoms with Gasteiger partial charge in [0.2, 0.25) is 0 Å². The van der Waals surface area contributed by atoms with Gasteiger partial charge in [-0.3, -0.25) is 9.78 Å². The SMILES string of the molecule is N#Cc1c(C(N)=O)c2n(c1-c1cccnc1)CCNC2. The largest absolute Gasteiger partial charge is 0.366 e. The molecule has 6 heteroatoms. The summed E-state index contributed by atoms with van der Waals surface area (Å²) in [5, 5.41) is 12.6. The second-order valence-corrected chi connectivity index (χ2v) is 4.59. The molecule has 0 radical (unpaired) electrons. The Morgan fingerprint density at radius 1 is 1.55 bits per heavy atom. The highest BCUT2D eigenvalue weighted by Crippen LogP contribution is 2.32. The molecule has 1 amide bonds. The second-order valence-electron chi connectivity index (χ2n) is 4.59. The molecule has 1 aliphatic heterocycles. The third-order valence-corrected chi connectivity index (χ3v) is 3.47. The minimum Gasteiger partial charge on any atom is -0.366 e. The zero-order chi connectivity index (χ0) is 14.1. The van der Waals surface area contributed by atoms with E-state index in [1.54, 1.807) is 12.4 Å². The van der Waals surface area contributed by atoms with Crippen LogP contribution in [0.15, 0.2) is 24.5 Å². The number of hydrogen-bond donors (Lipinski definition) is 2. The number of carbonyl (C=O) groups excluding carboxylic acids is 1. The van der Waals surface area contributed by atoms with E-state index in [1.807, 2.05) is 16.7 Å². The molecule has 20 heavy (non-hydrogen) atoms. The summed E-state index contributed by atoms with van der Waals surface area (Å²) in [4.78, 5) is 15.8. The maximum atomic E-state index is 11.7. The van der Waals surface area contributed by atoms with Crippen molar-refractivity contribution in [2.24, 2.45) is 5.73 Å². The van der Waals surface area contributed by atoms with Gasteiger partial charge in [0.05, 0.1) is 16.8 Å². The van der Waals surface area contributed by atoms with E-state index in [2.05, 4.69) is 16.4 Å². The third-order valence-electron chi connectivity index (χ3n) is 3.47. The average molecular weight is 267 g/mol. The minimum atomic E-state index is -0.566. The summed E-state index contributed by atoms with van der Waals surface area (Å²) < 4.78 is 1.99. The Morgan fingerprint density at radius 3 is 3.05 bits per heavy atom. The van der Waals surface area contributed by atoms with Gasteiger partial charge in [0.15, 0.2) is 0 Å². The van der Waals surface area contributed by atoms with Crippen molar-refractivity contribution in [1.29, 1.82) is 5.26 Å². The topological polar surface area (TPSA) is 96.7 Å². The number of nitriles is 1. The number of pyridine rings is 1. The standard InChI is InChI=1S/C14H13N5O/c15-6-10-12(14(16)20)11-8-18-4-5-19(11)13(10)9-2-1-3-17-7-9/h1-3,7,18H,4-5,8H2,(H2,16,20). The van der Waals surface area contributed by atoms with Crippen LogP contribution in [0.2, 0.25) is 0 Å². The first kappa shape index (κ1) is 12.4. The smallest absolute Gasteiger partial charge is 0.251 e. The number of nitrogens with two attached hydrogens (primary N) is 1. The predicted molar refractivity (Wildman–Crippen MR) is 72.6 cm³/mol. The number of amides is 1. The summed E-state index contributed by atoms with van der Waals surface area (Å²) >= 11 is 0. The van der Waals surface area contributed by atoms with E-state index < -0.39 is 5.91 Å². The minimum absolute atomic E-state index is 0.318. The Bertz CT molecular complexity index is 711. The van der Waals surface area contributed by atoms with Gasteiger partial charge in [0, 0.05) is 43.3 Å². The van der Waals surface area contributed by atoms with Crippen molar-refractivity contribution in [2.75, 3.05) is 6.54 Å². The van der Waals surface area contributed by atoms with Gasteiger partial charge in [-0.05, 0) is 12.1 Å². The molecule has 0 saturated heterocycles. The van der Waals surface area contributed by atoms with Crippen molar-refractivity contribution in [3.05, 3.63) is 41.3 Å². The molecule has 0 spiro atoms. The number of primary amides is 1. The lowest BCUT2D eigenvalue weighted by Crippen LogP contribution is -2.30. The molecule has 6 nitrogen and oxygen atoms in total. The number of nitrogens with one attached hydrogen (secondary N) is 1. The van der Waals surface area contributed by atoms with E-state index >= 15 is 0 Å². The number of aromatic nitrogens is 2. The monoisotopic (exact) mass is 267 g/mol. The van der Waals surface area contributed by atoms with Gasteiger partial charge in [-0.25, -0.2) is 0 Å². The molecule has 100 valence electrons. The fourth-order valence-electron chi connectivity index (χ4n) is 2.67. The Morgan fingerprint density at radius 2 is 2.40 bits per heavy atom. The molecular formula is C14H13N5O. The average Bonchev–Trinajstić information content (AvgIpc) is 2.82. The van der Waals surface area contributed by atoms with Crippen LogP contribution in [0.1, 0.15) is 21.6 Å². The van der Waals surface area contributed by atoms with E-state index in [0.717, 1.165) is 23.5 Å². The van der Waals surface area contributed by atoms with Gasteiger partial charge in [-0.2, -0.15) is 5.26 Å². The van der Waals surface area contributed by atoms with E-state index in [1.165, 1.54) is 0 Å². The lowest BCUT2D eigenvalue weighted by molar-refractivity contribution is 0.0998. The maximum Gasteiger partial charge on any atom is 0.251 e. The third kappa shape index (κ3) is 1.76. The summed E-state index contributed by atoms with van der Waals surface area (Å²) in [6.45, 7) is 2.02. The van der Waals surface area contributed by atoms with Crippen LogP contribution < -0.4 is 11.1 Å². The Kier molecular flexibility index (Phi) is 2.97. The molecule has 0 aromatic carbocycles. The number of carbonyl (C=O) groups is 1. The molecule has 2 aromatic heterocycles. The molecule has 0 bridgehead atoms. The van der Waals surface area contributed by atoms with Gasteiger partial charge in [0.25, 0.3) is 5.91 Å². The van der Waals surface area contributed by atoms with Crippen LogP contribution in [0.5, 0.6) is 0 Å². The summed E-state index contributed by atoms with van der Waals surface area (Å²) in [7, 11) is 0. The normalized spacial score (nSPS) is 13.6. The van der Waals surface area contributed by atoms with Gasteiger partial charge in [0.1, 0.15) is 6.07 Å². The molecule has 3 heterocycles. The number of rotatable bonds is 2. The van der Waals surface area contributed by atoms with E-state index in [0.29, 0.717) is 24.2 Å². The highest BCUT2D eigenvalue weighted by atomic mass is 16.1. The highest BCUT2D eigenvalue weighted by molar-refractivity contribution is 5.99. The van der Waals surface area contributed by atoms with Crippen molar-refractivity contribution in [1.82, 2.24) is 14.9 Å². The van der Waals surface area contributed by atoms with Gasteiger partial charge < -0.3 is 15.6 Å². The van der Waals surface area contributed by atoms with Crippen LogP contribution in [0, 0.1) is 11.3 Å². The van der Waals surface area contributed by atoms with Gasteiger partial charge >= 0.3 is 0 Å². The Balaban J connectivity index is 2.34. The number of fused-ring (bicyclic) bond motifs is 1. The summed E-state index contributed by atoms with van der Waals surface area (Å²) in [5.74, 6) is -0.566. The molecule has 0 aliphatic carbocycles. The van der Waals surface area contributed by atoms with Crippen molar-refractivity contribution in [3.8, 4) is 17.3 Å². The maximum absolute atomic E-state index is 11.7. The molecule has 0 saturated carbocycles. The lowest BCUT2D eigenvalue weighted by atomic mass is 10.1. The van der Waals surface area contributed by atoms with Crippen LogP contribution in [0.25, 0.3) is 11.3 Å². The predicted octanol–water partition coefficient (Wildman–Crippen LogP) is 0.624. The number of nitrogens with zero attached hydrogens (tertiary/aromatic N) is 3. The van der Waals surface area contributed by atoms with Crippen molar-refractivity contribution < 1.29 is 4.79 Å². The lowest BCUT2D eigenvalue weighted by Gasteiger charge is -2.19. The van der Waals surface area contributed by atoms with Crippen LogP contribution in [0.4, 0.5) is 0 Å². The first-order valence-corrected chi connectivity index (χ1v) is 6.30. The van der Waals surface area contributed by atoms with Crippen molar-refractivity contribution >= 4 is 5.91 Å². The van der Waals surface area contributed by atoms with Crippen LogP contribution in [-0.2, 0) is 13.1 Å². The fraction of sp³-hybridized carbons (Fsp3) is 0.214. The highest BCUT2D eigenvalue weighted by Gasteiger charge is 2.28. The molecule has 3 N–H and O–H groups in total. The molecular weight excluding hydrogens is 254 g/mol. The molecule has 3 rings (SSSR count). The Hall–Kier alpha value is -2.65. The fourth-order valence-corrected chi connectivity index (χ4v) is 2.67. The molecule has 0 fully saturated rings. The zero-order valence-corrected chi connectivity index (χ0v) is 10.8. The summed E-state index contributed by atoms with van der Waals surface area (Å²) in [6, 6.07) is 5.81.